The van der Waals surface area contributed by atoms with Crippen LogP contribution in [0.3, 0.4) is 0 Å². The highest BCUT2D eigenvalue weighted by molar-refractivity contribution is 7.90. The normalized spacial score (nSPS) is 15.4. The van der Waals surface area contributed by atoms with E-state index in [0.717, 1.165) is 54.6 Å². The van der Waals surface area contributed by atoms with Crippen molar-refractivity contribution in [1.29, 1.82) is 0 Å². The smallest absolute Gasteiger partial charge is 0.175 e. The Morgan fingerprint density at radius 1 is 1.00 bits per heavy atom. The zero-order chi connectivity index (χ0) is 23.5. The molecule has 0 amide bonds. The van der Waals surface area contributed by atoms with Crippen LogP contribution in [-0.4, -0.2) is 47.6 Å². The van der Waals surface area contributed by atoms with Gasteiger partial charge in [0.1, 0.15) is 5.82 Å². The van der Waals surface area contributed by atoms with E-state index in [4.69, 9.17) is 4.98 Å². The van der Waals surface area contributed by atoms with Gasteiger partial charge in [-0.2, -0.15) is 0 Å². The number of anilines is 2. The van der Waals surface area contributed by atoms with Gasteiger partial charge in [-0.05, 0) is 74.0 Å². The standard InChI is InChI=1S/C26H27N5O2S/c1-34(32,33)23-6-4-22(5-7-23)30-25-15-24-21(17-29-25)8-12-28-26(24)20-9-13-31(14-10-20)18-19-3-2-11-27-16-19/h2-8,11-12,15-17,20H,9-10,13-14,18H2,1H3,(H,29,30). The summed E-state index contributed by atoms with van der Waals surface area (Å²) in [5, 5.41) is 5.47. The number of sulfone groups is 1. The number of rotatable bonds is 6. The van der Waals surface area contributed by atoms with E-state index in [-0.39, 0.29) is 0 Å². The van der Waals surface area contributed by atoms with Gasteiger partial charge in [0.15, 0.2) is 9.84 Å². The van der Waals surface area contributed by atoms with Crippen LogP contribution in [0.25, 0.3) is 10.8 Å². The molecule has 1 aliphatic rings. The predicted molar refractivity (Wildman–Crippen MR) is 134 cm³/mol. The van der Waals surface area contributed by atoms with Gasteiger partial charge >= 0.3 is 0 Å². The van der Waals surface area contributed by atoms with E-state index in [1.54, 1.807) is 24.3 Å². The molecule has 3 aromatic heterocycles. The third-order valence-electron chi connectivity index (χ3n) is 6.34. The zero-order valence-corrected chi connectivity index (χ0v) is 19.9. The van der Waals surface area contributed by atoms with Crippen LogP contribution < -0.4 is 5.32 Å². The summed E-state index contributed by atoms with van der Waals surface area (Å²) in [5.74, 6) is 1.11. The minimum absolute atomic E-state index is 0.297. The molecule has 1 aromatic carbocycles. The highest BCUT2D eigenvalue weighted by atomic mass is 32.2. The average molecular weight is 474 g/mol. The summed E-state index contributed by atoms with van der Waals surface area (Å²) in [6, 6.07) is 14.9. The first kappa shape index (κ1) is 22.4. The number of piperidine rings is 1. The number of pyridine rings is 3. The van der Waals surface area contributed by atoms with Crippen LogP contribution >= 0.6 is 0 Å². The van der Waals surface area contributed by atoms with Gasteiger partial charge in [0, 0.05) is 60.0 Å². The lowest BCUT2D eigenvalue weighted by Gasteiger charge is -2.32. The van der Waals surface area contributed by atoms with Crippen molar-refractivity contribution in [3.63, 3.8) is 0 Å². The summed E-state index contributed by atoms with van der Waals surface area (Å²) in [5.41, 5.74) is 3.15. The third kappa shape index (κ3) is 5.08. The summed E-state index contributed by atoms with van der Waals surface area (Å²) in [6.07, 6.45) is 10.8. The van der Waals surface area contributed by atoms with Crippen molar-refractivity contribution >= 4 is 32.1 Å². The molecule has 1 fully saturated rings. The van der Waals surface area contributed by atoms with Gasteiger partial charge in [-0.25, -0.2) is 13.4 Å². The van der Waals surface area contributed by atoms with Gasteiger partial charge in [0.05, 0.1) is 10.6 Å². The van der Waals surface area contributed by atoms with E-state index in [2.05, 4.69) is 26.3 Å². The van der Waals surface area contributed by atoms with Crippen LogP contribution in [0.1, 0.15) is 30.0 Å². The molecule has 4 heterocycles. The van der Waals surface area contributed by atoms with E-state index < -0.39 is 9.84 Å². The fourth-order valence-electron chi connectivity index (χ4n) is 4.53. The fourth-order valence-corrected chi connectivity index (χ4v) is 5.16. The zero-order valence-electron chi connectivity index (χ0n) is 19.1. The summed E-state index contributed by atoms with van der Waals surface area (Å²) in [7, 11) is -3.22. The van der Waals surface area contributed by atoms with Crippen molar-refractivity contribution in [1.82, 2.24) is 19.9 Å². The van der Waals surface area contributed by atoms with E-state index in [1.807, 2.05) is 43.0 Å². The number of nitrogens with one attached hydrogen (secondary N) is 1. The van der Waals surface area contributed by atoms with Crippen LogP contribution in [0.4, 0.5) is 11.5 Å². The first-order valence-electron chi connectivity index (χ1n) is 11.4. The minimum Gasteiger partial charge on any atom is -0.340 e. The monoisotopic (exact) mass is 473 g/mol. The Bertz CT molecular complexity index is 1380. The molecule has 0 atom stereocenters. The van der Waals surface area contributed by atoms with E-state index in [1.165, 1.54) is 11.8 Å². The second kappa shape index (κ2) is 9.48. The first-order chi connectivity index (χ1) is 16.5. The number of benzene rings is 1. The molecular formula is C26H27N5O2S. The molecule has 174 valence electrons. The van der Waals surface area contributed by atoms with Gasteiger partial charge in [0.25, 0.3) is 0 Å². The van der Waals surface area contributed by atoms with Crippen LogP contribution in [0, 0.1) is 0 Å². The molecule has 7 nitrogen and oxygen atoms in total. The van der Waals surface area contributed by atoms with Crippen molar-refractivity contribution < 1.29 is 8.42 Å². The van der Waals surface area contributed by atoms with Crippen molar-refractivity contribution in [2.24, 2.45) is 0 Å². The molecule has 8 heteroatoms. The number of nitrogens with zero attached hydrogens (tertiary/aromatic N) is 4. The predicted octanol–water partition coefficient (Wildman–Crippen LogP) is 4.55. The summed E-state index contributed by atoms with van der Waals surface area (Å²) >= 11 is 0. The maximum Gasteiger partial charge on any atom is 0.175 e. The van der Waals surface area contributed by atoms with Crippen LogP contribution in [0.15, 0.2) is 78.2 Å². The van der Waals surface area contributed by atoms with Crippen LogP contribution in [0.2, 0.25) is 0 Å². The van der Waals surface area contributed by atoms with Crippen LogP contribution in [-0.2, 0) is 16.4 Å². The molecule has 0 radical (unpaired) electrons. The van der Waals surface area contributed by atoms with Gasteiger partial charge in [0.2, 0.25) is 0 Å². The second-order valence-corrected chi connectivity index (χ2v) is 10.8. The van der Waals surface area contributed by atoms with E-state index >= 15 is 0 Å². The summed E-state index contributed by atoms with van der Waals surface area (Å²) < 4.78 is 23.4. The quantitative estimate of drug-likeness (QED) is 0.439. The molecule has 0 unspecified atom stereocenters. The Hall–Kier alpha value is -3.36. The van der Waals surface area contributed by atoms with Crippen LogP contribution in [0.5, 0.6) is 0 Å². The summed E-state index contributed by atoms with van der Waals surface area (Å²) in [4.78, 5) is 16.3. The highest BCUT2D eigenvalue weighted by Gasteiger charge is 2.23. The average Bonchev–Trinajstić information content (AvgIpc) is 2.85. The van der Waals surface area contributed by atoms with E-state index in [0.29, 0.717) is 16.6 Å². The number of hydrogen-bond acceptors (Lipinski definition) is 7. The molecule has 0 aliphatic carbocycles. The molecule has 0 bridgehead atoms. The first-order valence-corrected chi connectivity index (χ1v) is 13.3. The Morgan fingerprint density at radius 3 is 2.50 bits per heavy atom. The molecule has 1 saturated heterocycles. The fraction of sp³-hybridized carbons (Fsp3) is 0.269. The molecule has 34 heavy (non-hydrogen) atoms. The highest BCUT2D eigenvalue weighted by Crippen LogP contribution is 2.33. The van der Waals surface area contributed by atoms with Crippen molar-refractivity contribution in [2.75, 3.05) is 24.7 Å². The molecule has 5 rings (SSSR count). The second-order valence-electron chi connectivity index (χ2n) is 8.82. The number of likely N-dealkylation sites (tertiary alicyclic amines) is 1. The molecule has 1 N–H and O–H groups in total. The van der Waals surface area contributed by atoms with Crippen molar-refractivity contribution in [2.45, 2.75) is 30.2 Å². The number of fused-ring (bicyclic) bond motifs is 1. The van der Waals surface area contributed by atoms with E-state index in [9.17, 15) is 8.42 Å². The SMILES string of the molecule is CS(=O)(=O)c1ccc(Nc2cc3c(C4CCN(Cc5cccnc5)CC4)nccc3cn2)cc1. The topological polar surface area (TPSA) is 88.1 Å². The third-order valence-corrected chi connectivity index (χ3v) is 7.47. The number of aromatic nitrogens is 3. The Balaban J connectivity index is 1.32. The van der Waals surface area contributed by atoms with Crippen molar-refractivity contribution in [3.8, 4) is 0 Å². The van der Waals surface area contributed by atoms with Gasteiger partial charge in [-0.15, -0.1) is 0 Å². The molecule has 4 aromatic rings. The largest absolute Gasteiger partial charge is 0.340 e. The maximum absolute atomic E-state index is 11.7. The molecular weight excluding hydrogens is 446 g/mol. The van der Waals surface area contributed by atoms with Gasteiger partial charge < -0.3 is 5.32 Å². The molecule has 0 spiro atoms. The van der Waals surface area contributed by atoms with Gasteiger partial charge in [-0.1, -0.05) is 6.07 Å². The minimum atomic E-state index is -3.22. The Labute approximate surface area is 199 Å². The summed E-state index contributed by atoms with van der Waals surface area (Å²) in [6.45, 7) is 2.99. The molecule has 1 aliphatic heterocycles. The Kier molecular flexibility index (Phi) is 6.26. The number of hydrogen-bond donors (Lipinski definition) is 1. The molecule has 0 saturated carbocycles. The lowest BCUT2D eigenvalue weighted by Crippen LogP contribution is -2.32. The lowest BCUT2D eigenvalue weighted by atomic mass is 9.90. The maximum atomic E-state index is 11.7. The van der Waals surface area contributed by atoms with Gasteiger partial charge in [-0.3, -0.25) is 14.9 Å². The van der Waals surface area contributed by atoms with Crippen molar-refractivity contribution in [3.05, 3.63) is 84.6 Å². The Morgan fingerprint density at radius 2 is 1.79 bits per heavy atom. The lowest BCUT2D eigenvalue weighted by molar-refractivity contribution is 0.203.